The molecule has 2 rings (SSSR count). The Bertz CT molecular complexity index is 448. The van der Waals surface area contributed by atoms with Crippen LogP contribution in [0, 0.1) is 0 Å². The van der Waals surface area contributed by atoms with Crippen LogP contribution in [0.25, 0.3) is 0 Å². The number of nitrogens with one attached hydrogen (secondary N) is 1. The van der Waals surface area contributed by atoms with Gasteiger partial charge in [-0.15, -0.1) is 0 Å². The SMILES string of the molecule is O=C(CN1CCCCCC1=O)NOCc1ccccc1. The minimum absolute atomic E-state index is 0.0562. The third-order valence-corrected chi connectivity index (χ3v) is 3.27. The quantitative estimate of drug-likeness (QED) is 0.832. The van der Waals surface area contributed by atoms with Gasteiger partial charge in [-0.25, -0.2) is 5.48 Å². The van der Waals surface area contributed by atoms with Crippen LogP contribution in [0.1, 0.15) is 31.2 Å². The molecule has 1 aliphatic rings. The lowest BCUT2D eigenvalue weighted by molar-refractivity contribution is -0.142. The Kier molecular flexibility index (Phi) is 5.55. The molecule has 1 N–H and O–H groups in total. The molecule has 5 heteroatoms. The third kappa shape index (κ3) is 4.66. The molecule has 0 bridgehead atoms. The Morgan fingerprint density at radius 3 is 2.80 bits per heavy atom. The molecule has 5 nitrogen and oxygen atoms in total. The van der Waals surface area contributed by atoms with Crippen molar-refractivity contribution >= 4 is 11.8 Å². The second kappa shape index (κ2) is 7.65. The first-order valence-corrected chi connectivity index (χ1v) is 6.98. The molecule has 1 aromatic rings. The topological polar surface area (TPSA) is 58.6 Å². The molecule has 0 radical (unpaired) electrons. The van der Waals surface area contributed by atoms with E-state index < -0.39 is 0 Å². The van der Waals surface area contributed by atoms with Gasteiger partial charge in [0.15, 0.2) is 0 Å². The maximum absolute atomic E-state index is 11.8. The Morgan fingerprint density at radius 2 is 2.00 bits per heavy atom. The predicted octanol–water partition coefficient (Wildman–Crippen LogP) is 1.64. The van der Waals surface area contributed by atoms with Gasteiger partial charge >= 0.3 is 0 Å². The van der Waals surface area contributed by atoms with E-state index in [1.165, 1.54) is 0 Å². The Hall–Kier alpha value is -1.88. The van der Waals surface area contributed by atoms with E-state index in [9.17, 15) is 9.59 Å². The van der Waals surface area contributed by atoms with Crippen molar-refractivity contribution in [2.75, 3.05) is 13.1 Å². The third-order valence-electron chi connectivity index (χ3n) is 3.27. The minimum atomic E-state index is -0.281. The molecule has 1 heterocycles. The molecule has 1 saturated heterocycles. The molecular formula is C15H20N2O3. The van der Waals surface area contributed by atoms with Crippen molar-refractivity contribution in [3.8, 4) is 0 Å². The molecule has 0 saturated carbocycles. The van der Waals surface area contributed by atoms with Crippen LogP contribution < -0.4 is 5.48 Å². The molecular weight excluding hydrogens is 256 g/mol. The first-order chi connectivity index (χ1) is 9.75. The Balaban J connectivity index is 1.70. The average Bonchev–Trinajstić information content (AvgIpc) is 2.65. The molecule has 0 unspecified atom stereocenters. The summed E-state index contributed by atoms with van der Waals surface area (Å²) >= 11 is 0. The molecule has 20 heavy (non-hydrogen) atoms. The number of likely N-dealkylation sites (tertiary alicyclic amines) is 1. The second-order valence-corrected chi connectivity index (χ2v) is 4.93. The summed E-state index contributed by atoms with van der Waals surface area (Å²) in [5.74, 6) is -0.225. The number of benzene rings is 1. The van der Waals surface area contributed by atoms with Crippen LogP contribution in [0.15, 0.2) is 30.3 Å². The van der Waals surface area contributed by atoms with Gasteiger partial charge in [0.25, 0.3) is 5.91 Å². The lowest BCUT2D eigenvalue weighted by Gasteiger charge is -2.19. The fourth-order valence-corrected chi connectivity index (χ4v) is 2.19. The van der Waals surface area contributed by atoms with Crippen molar-refractivity contribution in [1.29, 1.82) is 0 Å². The number of carbonyl (C=O) groups is 2. The van der Waals surface area contributed by atoms with Crippen LogP contribution in [0.4, 0.5) is 0 Å². The van der Waals surface area contributed by atoms with Gasteiger partial charge in [0.05, 0.1) is 6.61 Å². The highest BCUT2D eigenvalue weighted by Crippen LogP contribution is 2.10. The van der Waals surface area contributed by atoms with Crippen LogP contribution in [-0.2, 0) is 21.0 Å². The smallest absolute Gasteiger partial charge is 0.263 e. The Morgan fingerprint density at radius 1 is 1.20 bits per heavy atom. The fraction of sp³-hybridized carbons (Fsp3) is 0.467. The minimum Gasteiger partial charge on any atom is -0.333 e. The molecule has 1 fully saturated rings. The summed E-state index contributed by atoms with van der Waals surface area (Å²) in [7, 11) is 0. The largest absolute Gasteiger partial charge is 0.333 e. The van der Waals surface area contributed by atoms with Crippen LogP contribution in [0.5, 0.6) is 0 Å². The van der Waals surface area contributed by atoms with Crippen molar-refractivity contribution in [2.24, 2.45) is 0 Å². The van der Waals surface area contributed by atoms with E-state index in [2.05, 4.69) is 5.48 Å². The van der Waals surface area contributed by atoms with Gasteiger partial charge in [0.1, 0.15) is 6.54 Å². The van der Waals surface area contributed by atoms with E-state index in [4.69, 9.17) is 4.84 Å². The van der Waals surface area contributed by atoms with Crippen molar-refractivity contribution in [3.63, 3.8) is 0 Å². The van der Waals surface area contributed by atoms with E-state index in [-0.39, 0.29) is 18.4 Å². The molecule has 0 aromatic heterocycles. The standard InChI is InChI=1S/C15H20N2O3/c18-14(11-17-10-6-2-5-9-15(17)19)16-20-12-13-7-3-1-4-8-13/h1,3-4,7-8H,2,5-6,9-12H2,(H,16,18). The molecule has 0 atom stereocenters. The van der Waals surface area contributed by atoms with E-state index in [1.807, 2.05) is 30.3 Å². The highest BCUT2D eigenvalue weighted by atomic mass is 16.6. The Labute approximate surface area is 118 Å². The lowest BCUT2D eigenvalue weighted by atomic mass is 10.2. The van der Waals surface area contributed by atoms with Crippen molar-refractivity contribution in [1.82, 2.24) is 10.4 Å². The number of rotatable bonds is 5. The van der Waals surface area contributed by atoms with Gasteiger partial charge in [-0.2, -0.15) is 0 Å². The van der Waals surface area contributed by atoms with Gasteiger partial charge in [0.2, 0.25) is 5.91 Å². The van der Waals surface area contributed by atoms with Crippen LogP contribution in [-0.4, -0.2) is 29.8 Å². The summed E-state index contributed by atoms with van der Waals surface area (Å²) in [6.07, 6.45) is 3.47. The zero-order valence-corrected chi connectivity index (χ0v) is 11.5. The summed E-state index contributed by atoms with van der Waals surface area (Å²) in [5, 5.41) is 0. The summed E-state index contributed by atoms with van der Waals surface area (Å²) < 4.78 is 0. The first-order valence-electron chi connectivity index (χ1n) is 6.98. The number of amides is 2. The lowest BCUT2D eigenvalue weighted by Crippen LogP contribution is -2.40. The highest BCUT2D eigenvalue weighted by molar-refractivity contribution is 5.84. The molecule has 1 aromatic carbocycles. The van der Waals surface area contributed by atoms with Crippen molar-refractivity contribution in [2.45, 2.75) is 32.3 Å². The van der Waals surface area contributed by atoms with Crippen LogP contribution >= 0.6 is 0 Å². The zero-order valence-electron chi connectivity index (χ0n) is 11.5. The molecule has 108 valence electrons. The summed E-state index contributed by atoms with van der Waals surface area (Å²) in [4.78, 5) is 30.2. The van der Waals surface area contributed by atoms with Crippen molar-refractivity contribution in [3.05, 3.63) is 35.9 Å². The monoisotopic (exact) mass is 276 g/mol. The summed E-state index contributed by atoms with van der Waals surface area (Å²) in [6, 6.07) is 9.59. The predicted molar refractivity (Wildman–Crippen MR) is 74.4 cm³/mol. The number of hydroxylamine groups is 1. The van der Waals surface area contributed by atoms with Crippen LogP contribution in [0.3, 0.4) is 0 Å². The van der Waals surface area contributed by atoms with Crippen LogP contribution in [0.2, 0.25) is 0 Å². The van der Waals surface area contributed by atoms with Gasteiger partial charge < -0.3 is 4.90 Å². The number of carbonyl (C=O) groups excluding carboxylic acids is 2. The van der Waals surface area contributed by atoms with E-state index >= 15 is 0 Å². The molecule has 0 aliphatic carbocycles. The van der Waals surface area contributed by atoms with Gasteiger partial charge in [-0.05, 0) is 18.4 Å². The van der Waals surface area contributed by atoms with Gasteiger partial charge in [0, 0.05) is 13.0 Å². The van der Waals surface area contributed by atoms with Gasteiger partial charge in [-0.1, -0.05) is 36.8 Å². The second-order valence-electron chi connectivity index (χ2n) is 4.93. The van der Waals surface area contributed by atoms with E-state index in [0.29, 0.717) is 19.6 Å². The number of hydrogen-bond acceptors (Lipinski definition) is 3. The maximum atomic E-state index is 11.8. The first kappa shape index (κ1) is 14.5. The number of hydrogen-bond donors (Lipinski definition) is 1. The summed E-state index contributed by atoms with van der Waals surface area (Å²) in [6.45, 7) is 1.05. The zero-order chi connectivity index (χ0) is 14.2. The highest BCUT2D eigenvalue weighted by Gasteiger charge is 2.19. The fourth-order valence-electron chi connectivity index (χ4n) is 2.19. The molecule has 0 spiro atoms. The maximum Gasteiger partial charge on any atom is 0.263 e. The average molecular weight is 276 g/mol. The number of nitrogens with zero attached hydrogens (tertiary/aromatic N) is 1. The molecule has 2 amide bonds. The van der Waals surface area contributed by atoms with Crippen molar-refractivity contribution < 1.29 is 14.4 Å². The normalized spacial score (nSPS) is 15.8. The molecule has 1 aliphatic heterocycles. The van der Waals surface area contributed by atoms with Gasteiger partial charge in [-0.3, -0.25) is 14.4 Å². The van der Waals surface area contributed by atoms with E-state index in [0.717, 1.165) is 24.8 Å². The van der Waals surface area contributed by atoms with E-state index in [1.54, 1.807) is 4.90 Å². The summed E-state index contributed by atoms with van der Waals surface area (Å²) in [5.41, 5.74) is 3.37.